The van der Waals surface area contributed by atoms with E-state index in [1.807, 2.05) is 30.3 Å². The maximum absolute atomic E-state index is 12.2. The van der Waals surface area contributed by atoms with Gasteiger partial charge in [-0.05, 0) is 23.6 Å². The minimum Gasteiger partial charge on any atom is -0.314 e. The van der Waals surface area contributed by atoms with Gasteiger partial charge in [-0.15, -0.1) is 0 Å². The standard InChI is InChI=1S/C16H18N2O/c1-13(14-7-4-3-5-8-14)11-16(19)18(2)15-9-6-10-17-12-15/h3-10,12-13H,11H2,1-2H3. The zero-order chi connectivity index (χ0) is 13.7. The molecular weight excluding hydrogens is 236 g/mol. The quantitative estimate of drug-likeness (QED) is 0.839. The predicted molar refractivity (Wildman–Crippen MR) is 77.1 cm³/mol. The lowest BCUT2D eigenvalue weighted by Crippen LogP contribution is -2.27. The maximum atomic E-state index is 12.2. The van der Waals surface area contributed by atoms with Crippen molar-refractivity contribution in [2.45, 2.75) is 19.3 Å². The number of carbonyl (C=O) groups excluding carboxylic acids is 1. The number of hydrogen-bond donors (Lipinski definition) is 0. The topological polar surface area (TPSA) is 33.2 Å². The van der Waals surface area contributed by atoms with Crippen molar-refractivity contribution in [2.75, 3.05) is 11.9 Å². The monoisotopic (exact) mass is 254 g/mol. The maximum Gasteiger partial charge on any atom is 0.227 e. The van der Waals surface area contributed by atoms with E-state index < -0.39 is 0 Å². The molecule has 19 heavy (non-hydrogen) atoms. The number of pyridine rings is 1. The molecule has 0 aliphatic rings. The summed E-state index contributed by atoms with van der Waals surface area (Å²) in [7, 11) is 1.79. The molecule has 0 aliphatic heterocycles. The number of carbonyl (C=O) groups is 1. The molecule has 0 aliphatic carbocycles. The van der Waals surface area contributed by atoms with Crippen LogP contribution in [0.15, 0.2) is 54.9 Å². The molecule has 1 atom stereocenters. The second-order valence-electron chi connectivity index (χ2n) is 4.68. The lowest BCUT2D eigenvalue weighted by atomic mass is 9.97. The summed E-state index contributed by atoms with van der Waals surface area (Å²) in [4.78, 5) is 17.9. The van der Waals surface area contributed by atoms with Crippen LogP contribution in [0.3, 0.4) is 0 Å². The summed E-state index contributed by atoms with van der Waals surface area (Å²) in [6.07, 6.45) is 3.90. The van der Waals surface area contributed by atoms with Gasteiger partial charge in [-0.25, -0.2) is 0 Å². The molecule has 98 valence electrons. The Morgan fingerprint density at radius 2 is 1.95 bits per heavy atom. The molecule has 1 unspecified atom stereocenters. The zero-order valence-electron chi connectivity index (χ0n) is 11.3. The van der Waals surface area contributed by atoms with Crippen LogP contribution in [0.5, 0.6) is 0 Å². The molecule has 0 saturated heterocycles. The van der Waals surface area contributed by atoms with E-state index in [1.54, 1.807) is 24.3 Å². The minimum absolute atomic E-state index is 0.101. The van der Waals surface area contributed by atoms with Crippen LogP contribution in [0, 0.1) is 0 Å². The van der Waals surface area contributed by atoms with Crippen molar-refractivity contribution in [1.82, 2.24) is 4.98 Å². The van der Waals surface area contributed by atoms with E-state index >= 15 is 0 Å². The molecule has 2 rings (SSSR count). The molecule has 0 saturated carbocycles. The zero-order valence-corrected chi connectivity index (χ0v) is 11.3. The highest BCUT2D eigenvalue weighted by Gasteiger charge is 2.15. The van der Waals surface area contributed by atoms with Crippen molar-refractivity contribution < 1.29 is 4.79 Å². The van der Waals surface area contributed by atoms with Gasteiger partial charge in [-0.3, -0.25) is 9.78 Å². The van der Waals surface area contributed by atoms with Gasteiger partial charge < -0.3 is 4.90 Å². The minimum atomic E-state index is 0.101. The van der Waals surface area contributed by atoms with Gasteiger partial charge in [0.15, 0.2) is 0 Å². The fourth-order valence-electron chi connectivity index (χ4n) is 1.99. The molecule has 1 heterocycles. The van der Waals surface area contributed by atoms with Gasteiger partial charge >= 0.3 is 0 Å². The third-order valence-corrected chi connectivity index (χ3v) is 3.26. The van der Waals surface area contributed by atoms with Crippen LogP contribution in [0.1, 0.15) is 24.8 Å². The van der Waals surface area contributed by atoms with E-state index in [0.29, 0.717) is 6.42 Å². The Hall–Kier alpha value is -2.16. The van der Waals surface area contributed by atoms with Crippen LogP contribution in [0.25, 0.3) is 0 Å². The normalized spacial score (nSPS) is 11.9. The van der Waals surface area contributed by atoms with Gasteiger partial charge in [0, 0.05) is 19.7 Å². The average Bonchev–Trinajstić information content (AvgIpc) is 2.48. The van der Waals surface area contributed by atoms with Gasteiger partial charge in [0.05, 0.1) is 11.9 Å². The molecule has 1 aromatic heterocycles. The summed E-state index contributed by atoms with van der Waals surface area (Å²) in [5.74, 6) is 0.317. The van der Waals surface area contributed by atoms with E-state index in [0.717, 1.165) is 5.69 Å². The third-order valence-electron chi connectivity index (χ3n) is 3.26. The molecule has 2 aromatic rings. The number of rotatable bonds is 4. The van der Waals surface area contributed by atoms with Gasteiger partial charge in [-0.1, -0.05) is 37.3 Å². The summed E-state index contributed by atoms with van der Waals surface area (Å²) in [5.41, 5.74) is 2.02. The first-order valence-corrected chi connectivity index (χ1v) is 6.40. The molecule has 0 radical (unpaired) electrons. The number of anilines is 1. The van der Waals surface area contributed by atoms with E-state index in [9.17, 15) is 4.79 Å². The van der Waals surface area contributed by atoms with Crippen molar-refractivity contribution in [3.8, 4) is 0 Å². The average molecular weight is 254 g/mol. The summed E-state index contributed by atoms with van der Waals surface area (Å²) in [5, 5.41) is 0. The van der Waals surface area contributed by atoms with E-state index in [-0.39, 0.29) is 11.8 Å². The molecule has 1 amide bonds. The number of benzene rings is 1. The molecule has 0 spiro atoms. The smallest absolute Gasteiger partial charge is 0.227 e. The van der Waals surface area contributed by atoms with Crippen LogP contribution >= 0.6 is 0 Å². The Morgan fingerprint density at radius 1 is 1.21 bits per heavy atom. The summed E-state index contributed by atoms with van der Waals surface area (Å²) in [6.45, 7) is 2.07. The number of aromatic nitrogens is 1. The van der Waals surface area contributed by atoms with Gasteiger partial charge in [0.2, 0.25) is 5.91 Å². The second-order valence-corrected chi connectivity index (χ2v) is 4.68. The summed E-state index contributed by atoms with van der Waals surface area (Å²) >= 11 is 0. The fourth-order valence-corrected chi connectivity index (χ4v) is 1.99. The summed E-state index contributed by atoms with van der Waals surface area (Å²) in [6, 6.07) is 13.8. The number of hydrogen-bond acceptors (Lipinski definition) is 2. The summed E-state index contributed by atoms with van der Waals surface area (Å²) < 4.78 is 0. The Balaban J connectivity index is 2.02. The Kier molecular flexibility index (Phi) is 4.29. The first kappa shape index (κ1) is 13.3. The van der Waals surface area contributed by atoms with Crippen LogP contribution < -0.4 is 4.90 Å². The number of nitrogens with zero attached hydrogens (tertiary/aromatic N) is 2. The fraction of sp³-hybridized carbons (Fsp3) is 0.250. The highest BCUT2D eigenvalue weighted by molar-refractivity contribution is 5.93. The van der Waals surface area contributed by atoms with Crippen molar-refractivity contribution >= 4 is 11.6 Å². The van der Waals surface area contributed by atoms with Crippen LogP contribution in [0.4, 0.5) is 5.69 Å². The second kappa shape index (κ2) is 6.14. The lowest BCUT2D eigenvalue weighted by Gasteiger charge is -2.19. The SMILES string of the molecule is CC(CC(=O)N(C)c1cccnc1)c1ccccc1. The van der Waals surface area contributed by atoms with Crippen LogP contribution in [0.2, 0.25) is 0 Å². The van der Waals surface area contributed by atoms with Gasteiger partial charge in [0.25, 0.3) is 0 Å². The molecule has 0 N–H and O–H groups in total. The van der Waals surface area contributed by atoms with Crippen LogP contribution in [-0.4, -0.2) is 17.9 Å². The molecule has 3 heteroatoms. The molecule has 0 fully saturated rings. The van der Waals surface area contributed by atoms with E-state index in [4.69, 9.17) is 0 Å². The predicted octanol–water partition coefficient (Wildman–Crippen LogP) is 3.24. The van der Waals surface area contributed by atoms with E-state index in [1.165, 1.54) is 5.56 Å². The molecule has 1 aromatic carbocycles. The Morgan fingerprint density at radius 3 is 2.58 bits per heavy atom. The highest BCUT2D eigenvalue weighted by Crippen LogP contribution is 2.21. The third kappa shape index (κ3) is 3.41. The largest absolute Gasteiger partial charge is 0.314 e. The number of amides is 1. The molecule has 0 bridgehead atoms. The Bertz CT molecular complexity index is 525. The first-order chi connectivity index (χ1) is 9.18. The molecule has 3 nitrogen and oxygen atoms in total. The lowest BCUT2D eigenvalue weighted by molar-refractivity contribution is -0.118. The van der Waals surface area contributed by atoms with Crippen molar-refractivity contribution in [3.63, 3.8) is 0 Å². The van der Waals surface area contributed by atoms with E-state index in [2.05, 4.69) is 24.0 Å². The Labute approximate surface area is 113 Å². The highest BCUT2D eigenvalue weighted by atomic mass is 16.2. The first-order valence-electron chi connectivity index (χ1n) is 6.40. The van der Waals surface area contributed by atoms with Crippen molar-refractivity contribution in [2.24, 2.45) is 0 Å². The van der Waals surface area contributed by atoms with Crippen LogP contribution in [-0.2, 0) is 4.79 Å². The van der Waals surface area contributed by atoms with Gasteiger partial charge in [-0.2, -0.15) is 0 Å². The van der Waals surface area contributed by atoms with Gasteiger partial charge in [0.1, 0.15) is 0 Å². The van der Waals surface area contributed by atoms with Crippen molar-refractivity contribution in [3.05, 3.63) is 60.4 Å². The molecular formula is C16H18N2O. The van der Waals surface area contributed by atoms with Crippen molar-refractivity contribution in [1.29, 1.82) is 0 Å².